The van der Waals surface area contributed by atoms with Crippen molar-refractivity contribution in [3.05, 3.63) is 17.8 Å². The zero-order valence-corrected chi connectivity index (χ0v) is 12.6. The van der Waals surface area contributed by atoms with Gasteiger partial charge in [0.1, 0.15) is 12.1 Å². The fourth-order valence-corrected chi connectivity index (χ4v) is 3.98. The molecule has 0 aromatic carbocycles. The van der Waals surface area contributed by atoms with Crippen LogP contribution in [0.3, 0.4) is 0 Å². The molecule has 2 aromatic rings. The number of fused-ring (bicyclic) bond motifs is 1. The number of thiophene rings is 1. The third kappa shape index (κ3) is 2.26. The molecule has 1 aliphatic carbocycles. The number of anilines is 1. The lowest BCUT2D eigenvalue weighted by atomic mass is 10.2. The predicted molar refractivity (Wildman–Crippen MR) is 80.8 cm³/mol. The van der Waals surface area contributed by atoms with Crippen LogP contribution in [0.15, 0.2) is 17.8 Å². The van der Waals surface area contributed by atoms with Gasteiger partial charge in [-0.2, -0.15) is 0 Å². The molecule has 3 nitrogen and oxygen atoms in total. The van der Waals surface area contributed by atoms with E-state index in [-0.39, 0.29) is 0 Å². The largest absolute Gasteiger partial charge is 0.352 e. The maximum atomic E-state index is 4.55. The van der Waals surface area contributed by atoms with Gasteiger partial charge in [0.25, 0.3) is 0 Å². The monoisotopic (exact) mass is 325 g/mol. The highest BCUT2D eigenvalue weighted by molar-refractivity contribution is 9.09. The smallest absolute Gasteiger partial charge is 0.150 e. The van der Waals surface area contributed by atoms with Gasteiger partial charge in [-0.05, 0) is 24.3 Å². The summed E-state index contributed by atoms with van der Waals surface area (Å²) >= 11 is 5.31. The van der Waals surface area contributed by atoms with Crippen molar-refractivity contribution in [3.8, 4) is 0 Å². The van der Waals surface area contributed by atoms with Crippen LogP contribution in [0, 0.1) is 0 Å². The summed E-state index contributed by atoms with van der Waals surface area (Å²) in [5.41, 5.74) is 1.07. The number of hydrogen-bond acceptors (Lipinski definition) is 4. The van der Waals surface area contributed by atoms with E-state index in [0.29, 0.717) is 6.04 Å². The fraction of sp³-hybridized carbons (Fsp3) is 0.538. The van der Waals surface area contributed by atoms with Gasteiger partial charge in [0, 0.05) is 17.9 Å². The van der Waals surface area contributed by atoms with E-state index in [1.54, 1.807) is 17.7 Å². The zero-order valence-electron chi connectivity index (χ0n) is 10.2. The summed E-state index contributed by atoms with van der Waals surface area (Å²) in [6, 6.07) is 2.73. The van der Waals surface area contributed by atoms with E-state index in [0.717, 1.165) is 23.2 Å². The Labute approximate surface area is 119 Å². The summed E-state index contributed by atoms with van der Waals surface area (Å²) in [5.74, 6) is 1.13. The van der Waals surface area contributed by atoms with Crippen LogP contribution in [0.25, 0.3) is 10.2 Å². The Balaban J connectivity index is 2.00. The van der Waals surface area contributed by atoms with Gasteiger partial charge in [-0.15, -0.1) is 11.3 Å². The maximum absolute atomic E-state index is 4.55. The van der Waals surface area contributed by atoms with Crippen molar-refractivity contribution in [2.24, 2.45) is 0 Å². The summed E-state index contributed by atoms with van der Waals surface area (Å²) < 4.78 is 1.23. The molecule has 2 heterocycles. The molecular weight excluding hydrogens is 310 g/mol. The van der Waals surface area contributed by atoms with Crippen molar-refractivity contribution < 1.29 is 0 Å². The lowest BCUT2D eigenvalue weighted by Crippen LogP contribution is -2.35. The predicted octanol–water partition coefficient (Wildman–Crippen LogP) is 3.84. The lowest BCUT2D eigenvalue weighted by Gasteiger charge is -2.29. The molecule has 0 radical (unpaired) electrons. The Hall–Kier alpha value is -0.680. The van der Waals surface area contributed by atoms with Crippen LogP contribution >= 0.6 is 27.3 Å². The third-order valence-electron chi connectivity index (χ3n) is 3.59. The molecule has 2 aromatic heterocycles. The number of aromatic nitrogens is 2. The standard InChI is InChI=1S/C13H16BrN3S/c14-6-7-17(10-3-1-2-4-10)13-12-11(5-8-18-12)15-9-16-13/h5,8-10H,1-4,6-7H2. The third-order valence-corrected chi connectivity index (χ3v) is 4.84. The molecule has 0 aliphatic heterocycles. The first-order valence-corrected chi connectivity index (χ1v) is 8.41. The van der Waals surface area contributed by atoms with Gasteiger partial charge in [0.15, 0.2) is 0 Å². The second-order valence-corrected chi connectivity index (χ2v) is 6.36. The minimum Gasteiger partial charge on any atom is -0.352 e. The number of nitrogens with zero attached hydrogens (tertiary/aromatic N) is 3. The minimum atomic E-state index is 0.655. The normalized spacial score (nSPS) is 16.5. The average molecular weight is 326 g/mol. The average Bonchev–Trinajstić information content (AvgIpc) is 3.06. The summed E-state index contributed by atoms with van der Waals surface area (Å²) in [6.07, 6.45) is 6.98. The van der Waals surface area contributed by atoms with Gasteiger partial charge in [-0.1, -0.05) is 28.8 Å². The van der Waals surface area contributed by atoms with Gasteiger partial charge in [0.05, 0.1) is 10.2 Å². The van der Waals surface area contributed by atoms with Gasteiger partial charge in [0.2, 0.25) is 0 Å². The molecule has 0 atom stereocenters. The Morgan fingerprint density at radius 3 is 2.94 bits per heavy atom. The molecule has 18 heavy (non-hydrogen) atoms. The number of hydrogen-bond donors (Lipinski definition) is 0. The van der Waals surface area contributed by atoms with E-state index in [9.17, 15) is 0 Å². The van der Waals surface area contributed by atoms with Crippen LogP contribution < -0.4 is 4.90 Å². The number of halogens is 1. The molecule has 3 rings (SSSR count). The van der Waals surface area contributed by atoms with E-state index < -0.39 is 0 Å². The quantitative estimate of drug-likeness (QED) is 0.800. The van der Waals surface area contributed by atoms with E-state index in [1.165, 1.54) is 30.4 Å². The van der Waals surface area contributed by atoms with Gasteiger partial charge in [-0.3, -0.25) is 0 Å². The van der Waals surface area contributed by atoms with E-state index in [1.807, 2.05) is 0 Å². The highest BCUT2D eigenvalue weighted by Gasteiger charge is 2.24. The highest BCUT2D eigenvalue weighted by Crippen LogP contribution is 2.33. The number of rotatable bonds is 4. The van der Waals surface area contributed by atoms with Crippen LogP contribution in [-0.4, -0.2) is 27.9 Å². The Morgan fingerprint density at radius 1 is 1.33 bits per heavy atom. The summed E-state index contributed by atoms with van der Waals surface area (Å²) in [7, 11) is 0. The molecule has 5 heteroatoms. The lowest BCUT2D eigenvalue weighted by molar-refractivity contribution is 0.618. The molecule has 1 aliphatic rings. The van der Waals surface area contributed by atoms with Crippen molar-refractivity contribution in [1.29, 1.82) is 0 Å². The summed E-state index contributed by atoms with van der Waals surface area (Å²) in [6.45, 7) is 1.02. The summed E-state index contributed by atoms with van der Waals surface area (Å²) in [5, 5.41) is 3.09. The fourth-order valence-electron chi connectivity index (χ4n) is 2.75. The second-order valence-electron chi connectivity index (χ2n) is 4.65. The molecule has 0 spiro atoms. The molecular formula is C13H16BrN3S. The van der Waals surface area contributed by atoms with E-state index in [2.05, 4.69) is 42.2 Å². The first-order valence-electron chi connectivity index (χ1n) is 6.41. The Bertz CT molecular complexity index is 522. The highest BCUT2D eigenvalue weighted by atomic mass is 79.9. The van der Waals surface area contributed by atoms with Crippen LogP contribution in [0.4, 0.5) is 5.82 Å². The van der Waals surface area contributed by atoms with Gasteiger partial charge in [-0.25, -0.2) is 9.97 Å². The topological polar surface area (TPSA) is 29.0 Å². The van der Waals surface area contributed by atoms with Crippen LogP contribution in [-0.2, 0) is 0 Å². The Morgan fingerprint density at radius 2 is 2.17 bits per heavy atom. The van der Waals surface area contributed by atoms with Crippen molar-refractivity contribution in [3.63, 3.8) is 0 Å². The van der Waals surface area contributed by atoms with E-state index >= 15 is 0 Å². The van der Waals surface area contributed by atoms with Crippen molar-refractivity contribution in [2.45, 2.75) is 31.7 Å². The van der Waals surface area contributed by atoms with Crippen molar-refractivity contribution in [2.75, 3.05) is 16.8 Å². The molecule has 0 N–H and O–H groups in total. The zero-order chi connectivity index (χ0) is 12.4. The van der Waals surface area contributed by atoms with Crippen molar-refractivity contribution in [1.82, 2.24) is 9.97 Å². The van der Waals surface area contributed by atoms with Crippen LogP contribution in [0.2, 0.25) is 0 Å². The Kier molecular flexibility index (Phi) is 3.80. The molecule has 0 saturated heterocycles. The van der Waals surface area contributed by atoms with Gasteiger partial charge >= 0.3 is 0 Å². The SMILES string of the molecule is BrCCN(c1ncnc2ccsc12)C1CCCC1. The van der Waals surface area contributed by atoms with Crippen molar-refractivity contribution >= 4 is 43.3 Å². The van der Waals surface area contributed by atoms with E-state index in [4.69, 9.17) is 0 Å². The summed E-state index contributed by atoms with van der Waals surface area (Å²) in [4.78, 5) is 11.4. The first kappa shape index (κ1) is 12.4. The molecule has 1 fully saturated rings. The van der Waals surface area contributed by atoms with Gasteiger partial charge < -0.3 is 4.90 Å². The minimum absolute atomic E-state index is 0.655. The number of alkyl halides is 1. The molecule has 0 bridgehead atoms. The van der Waals surface area contributed by atoms with Crippen LogP contribution in [0.5, 0.6) is 0 Å². The molecule has 0 amide bonds. The second kappa shape index (κ2) is 5.53. The first-order chi connectivity index (χ1) is 8.90. The molecule has 96 valence electrons. The molecule has 1 saturated carbocycles. The van der Waals surface area contributed by atoms with Crippen LogP contribution in [0.1, 0.15) is 25.7 Å². The maximum Gasteiger partial charge on any atom is 0.150 e. The molecule has 0 unspecified atom stereocenters.